The van der Waals surface area contributed by atoms with E-state index >= 15 is 0 Å². The van der Waals surface area contributed by atoms with Crippen molar-refractivity contribution in [1.29, 1.82) is 0 Å². The number of imidazole rings is 1. The first kappa shape index (κ1) is 17.8. The molecule has 162 valence electrons. The Kier molecular flexibility index (Phi) is 3.11. The molecule has 4 nitrogen and oxygen atoms in total. The number of hydrogen-bond acceptors (Lipinski definition) is 3. The summed E-state index contributed by atoms with van der Waals surface area (Å²) in [5, 5.41) is 3.29. The molecule has 2 aliphatic rings. The molecular weight excluding hydrogens is 428 g/mol. The zero-order chi connectivity index (χ0) is 22.7. The Morgan fingerprint density at radius 1 is 0.629 bits per heavy atom. The summed E-state index contributed by atoms with van der Waals surface area (Å²) in [4.78, 5) is 14.4. The Hall–Kier alpha value is -4.57. The third-order valence-corrected chi connectivity index (χ3v) is 7.92. The highest BCUT2D eigenvalue weighted by atomic mass is 15.1. The Morgan fingerprint density at radius 2 is 1.51 bits per heavy atom. The average Bonchev–Trinajstić information content (AvgIpc) is 3.58. The Morgan fingerprint density at radius 3 is 2.51 bits per heavy atom. The molecule has 0 saturated heterocycles. The lowest BCUT2D eigenvalue weighted by atomic mass is 9.97. The van der Waals surface area contributed by atoms with E-state index in [4.69, 9.17) is 9.97 Å². The van der Waals surface area contributed by atoms with Gasteiger partial charge in [0.1, 0.15) is 11.3 Å². The molecule has 4 aromatic heterocycles. The second kappa shape index (κ2) is 6.10. The number of hydrogen-bond donors (Lipinski definition) is 0. The van der Waals surface area contributed by atoms with Gasteiger partial charge in [0.05, 0.1) is 11.0 Å². The van der Waals surface area contributed by atoms with E-state index in [9.17, 15) is 0 Å². The van der Waals surface area contributed by atoms with Crippen LogP contribution in [0.15, 0.2) is 85.3 Å². The Bertz CT molecular complexity index is 2070. The normalized spacial score (nSPS) is 13.5. The summed E-state index contributed by atoms with van der Waals surface area (Å²) in [5.74, 6) is 0. The minimum atomic E-state index is 0.929. The largest absolute Gasteiger partial charge is 0.275 e. The highest BCUT2D eigenvalue weighted by Crippen LogP contribution is 2.47. The van der Waals surface area contributed by atoms with Crippen LogP contribution in [0.25, 0.3) is 60.7 Å². The standard InChI is InChI=1S/C31H18N4/c1-2-5-21-17(4-1)12-19-14-20-13-18-7-8-27-29(28(18)25(20)15-24(19)21)35-30-22(6-3-10-33-30)26-16-32-11-9-23(26)31(35)34-27/h1-11,14-16H,12-13H2. The number of fused-ring (bicyclic) bond motifs is 15. The minimum absolute atomic E-state index is 0.929. The van der Waals surface area contributed by atoms with Gasteiger partial charge in [-0.3, -0.25) is 9.38 Å². The van der Waals surface area contributed by atoms with Crippen LogP contribution in [0.4, 0.5) is 0 Å². The van der Waals surface area contributed by atoms with Crippen LogP contribution in [-0.2, 0) is 12.8 Å². The van der Waals surface area contributed by atoms with Gasteiger partial charge in [-0.05, 0) is 82.1 Å². The van der Waals surface area contributed by atoms with E-state index in [0.29, 0.717) is 0 Å². The molecule has 0 spiro atoms. The van der Waals surface area contributed by atoms with Gasteiger partial charge in [-0.25, -0.2) is 9.97 Å². The fourth-order valence-corrected chi connectivity index (χ4v) is 6.45. The summed E-state index contributed by atoms with van der Waals surface area (Å²) in [6.45, 7) is 0. The third kappa shape index (κ3) is 2.15. The summed E-state index contributed by atoms with van der Waals surface area (Å²) in [5.41, 5.74) is 15.1. The molecule has 35 heavy (non-hydrogen) atoms. The highest BCUT2D eigenvalue weighted by Gasteiger charge is 2.28. The molecule has 0 N–H and O–H groups in total. The SMILES string of the molecule is c1ccc2c(c1)Cc1cc3c(cc1-2)-c1c(ccc2nc4c5ccncc5c5cccnc5n4c12)C3. The fourth-order valence-electron chi connectivity index (χ4n) is 6.45. The first-order valence-corrected chi connectivity index (χ1v) is 12.0. The lowest BCUT2D eigenvalue weighted by Gasteiger charge is -2.10. The van der Waals surface area contributed by atoms with Crippen molar-refractivity contribution in [3.05, 3.63) is 108 Å². The molecule has 7 aromatic rings. The second-order valence-corrected chi connectivity index (χ2v) is 9.71. The molecule has 0 amide bonds. The first-order valence-electron chi connectivity index (χ1n) is 12.0. The molecule has 0 saturated carbocycles. The first-order chi connectivity index (χ1) is 17.3. The maximum absolute atomic E-state index is 5.15. The predicted octanol–water partition coefficient (Wildman–Crippen LogP) is 6.73. The lowest BCUT2D eigenvalue weighted by Crippen LogP contribution is -1.95. The molecule has 0 fully saturated rings. The van der Waals surface area contributed by atoms with Crippen LogP contribution in [0.3, 0.4) is 0 Å². The quantitative estimate of drug-likeness (QED) is 0.243. The van der Waals surface area contributed by atoms with Crippen LogP contribution < -0.4 is 0 Å². The monoisotopic (exact) mass is 446 g/mol. The van der Waals surface area contributed by atoms with Gasteiger partial charge in [-0.15, -0.1) is 0 Å². The van der Waals surface area contributed by atoms with Crippen molar-refractivity contribution < 1.29 is 0 Å². The number of benzene rings is 3. The van der Waals surface area contributed by atoms with Crippen molar-refractivity contribution in [2.24, 2.45) is 0 Å². The van der Waals surface area contributed by atoms with Gasteiger partial charge >= 0.3 is 0 Å². The summed E-state index contributed by atoms with van der Waals surface area (Å²) in [6, 6.07) is 24.3. The van der Waals surface area contributed by atoms with Gasteiger partial charge in [0.2, 0.25) is 0 Å². The molecule has 0 aliphatic heterocycles. The van der Waals surface area contributed by atoms with E-state index in [2.05, 4.69) is 70.0 Å². The van der Waals surface area contributed by atoms with Crippen LogP contribution in [0.5, 0.6) is 0 Å². The van der Waals surface area contributed by atoms with Gasteiger partial charge in [-0.2, -0.15) is 0 Å². The number of pyridine rings is 3. The van der Waals surface area contributed by atoms with Crippen molar-refractivity contribution in [1.82, 2.24) is 19.4 Å². The van der Waals surface area contributed by atoms with E-state index in [-0.39, 0.29) is 0 Å². The molecular formula is C31H18N4. The van der Waals surface area contributed by atoms with Crippen LogP contribution in [0.2, 0.25) is 0 Å². The smallest absolute Gasteiger partial charge is 0.147 e. The van der Waals surface area contributed by atoms with Gasteiger partial charge in [0.15, 0.2) is 0 Å². The summed E-state index contributed by atoms with van der Waals surface area (Å²) >= 11 is 0. The third-order valence-electron chi connectivity index (χ3n) is 7.92. The number of nitrogens with zero attached hydrogens (tertiary/aromatic N) is 4. The summed E-state index contributed by atoms with van der Waals surface area (Å²) < 4.78 is 2.28. The fraction of sp³-hybridized carbons (Fsp3) is 0.0645. The van der Waals surface area contributed by atoms with E-state index in [0.717, 1.165) is 51.3 Å². The van der Waals surface area contributed by atoms with E-state index in [1.165, 1.54) is 44.5 Å². The summed E-state index contributed by atoms with van der Waals surface area (Å²) in [7, 11) is 0. The van der Waals surface area contributed by atoms with Crippen LogP contribution >= 0.6 is 0 Å². The zero-order valence-corrected chi connectivity index (χ0v) is 18.8. The molecule has 0 bridgehead atoms. The van der Waals surface area contributed by atoms with E-state index in [1.54, 1.807) is 0 Å². The maximum atomic E-state index is 5.15. The van der Waals surface area contributed by atoms with E-state index in [1.807, 2.05) is 24.7 Å². The molecule has 3 aromatic carbocycles. The van der Waals surface area contributed by atoms with Gasteiger partial charge in [-0.1, -0.05) is 36.4 Å². The van der Waals surface area contributed by atoms with Gasteiger partial charge in [0.25, 0.3) is 0 Å². The van der Waals surface area contributed by atoms with Crippen molar-refractivity contribution in [2.75, 3.05) is 0 Å². The van der Waals surface area contributed by atoms with Crippen molar-refractivity contribution >= 4 is 38.5 Å². The predicted molar refractivity (Wildman–Crippen MR) is 140 cm³/mol. The molecule has 0 atom stereocenters. The molecule has 2 aliphatic carbocycles. The molecule has 0 unspecified atom stereocenters. The average molecular weight is 447 g/mol. The van der Waals surface area contributed by atoms with Crippen LogP contribution in [-0.4, -0.2) is 19.4 Å². The minimum Gasteiger partial charge on any atom is -0.275 e. The van der Waals surface area contributed by atoms with Crippen molar-refractivity contribution in [2.45, 2.75) is 12.8 Å². The molecule has 9 rings (SSSR count). The number of aromatic nitrogens is 4. The Balaban J connectivity index is 1.46. The second-order valence-electron chi connectivity index (χ2n) is 9.71. The molecule has 4 heterocycles. The lowest BCUT2D eigenvalue weighted by molar-refractivity contribution is 1.21. The maximum Gasteiger partial charge on any atom is 0.147 e. The zero-order valence-electron chi connectivity index (χ0n) is 18.8. The van der Waals surface area contributed by atoms with Crippen molar-refractivity contribution in [3.8, 4) is 22.3 Å². The van der Waals surface area contributed by atoms with Crippen LogP contribution in [0, 0.1) is 0 Å². The van der Waals surface area contributed by atoms with Gasteiger partial charge in [0, 0.05) is 40.3 Å². The highest BCUT2D eigenvalue weighted by molar-refractivity contribution is 6.14. The van der Waals surface area contributed by atoms with Gasteiger partial charge < -0.3 is 0 Å². The Labute approximate surface area is 200 Å². The molecule has 4 heteroatoms. The molecule has 0 radical (unpaired) electrons. The topological polar surface area (TPSA) is 43.1 Å². The van der Waals surface area contributed by atoms with E-state index < -0.39 is 0 Å². The number of rotatable bonds is 0. The summed E-state index contributed by atoms with van der Waals surface area (Å²) in [6.07, 6.45) is 7.63. The van der Waals surface area contributed by atoms with Crippen LogP contribution in [0.1, 0.15) is 22.3 Å². The van der Waals surface area contributed by atoms with Crippen molar-refractivity contribution in [3.63, 3.8) is 0 Å².